The lowest BCUT2D eigenvalue weighted by atomic mass is 10.1. The van der Waals surface area contributed by atoms with Gasteiger partial charge in [0.2, 0.25) is 5.91 Å². The summed E-state index contributed by atoms with van der Waals surface area (Å²) in [7, 11) is 0. The molecule has 1 aromatic rings. The van der Waals surface area contributed by atoms with Gasteiger partial charge in [-0.2, -0.15) is 0 Å². The minimum Gasteiger partial charge on any atom is -0.356 e. The van der Waals surface area contributed by atoms with E-state index in [9.17, 15) is 13.6 Å². The van der Waals surface area contributed by atoms with E-state index < -0.39 is 11.6 Å². The Kier molecular flexibility index (Phi) is 4.91. The summed E-state index contributed by atoms with van der Waals surface area (Å²) < 4.78 is 25.7. The first-order valence-corrected chi connectivity index (χ1v) is 7.31. The predicted molar refractivity (Wildman–Crippen MR) is 73.1 cm³/mol. The number of rotatable bonds is 4. The normalized spacial score (nSPS) is 22.5. The zero-order chi connectivity index (χ0) is 13.8. The van der Waals surface area contributed by atoms with Crippen LogP contribution >= 0.6 is 15.9 Å². The molecule has 104 valence electrons. The van der Waals surface area contributed by atoms with Crippen molar-refractivity contribution in [3.05, 3.63) is 35.4 Å². The van der Waals surface area contributed by atoms with E-state index in [0.29, 0.717) is 22.9 Å². The second-order valence-corrected chi connectivity index (χ2v) is 6.30. The van der Waals surface area contributed by atoms with Crippen LogP contribution in [-0.2, 0) is 11.2 Å². The molecular weight excluding hydrogens is 316 g/mol. The highest BCUT2D eigenvalue weighted by Gasteiger charge is 2.22. The molecule has 19 heavy (non-hydrogen) atoms. The van der Waals surface area contributed by atoms with Gasteiger partial charge in [-0.1, -0.05) is 22.0 Å². The van der Waals surface area contributed by atoms with Gasteiger partial charge in [-0.3, -0.25) is 4.79 Å². The van der Waals surface area contributed by atoms with Crippen LogP contribution < -0.4 is 5.32 Å². The molecular formula is C14H16BrF2NO. The molecule has 1 amide bonds. The summed E-state index contributed by atoms with van der Waals surface area (Å²) in [6, 6.07) is 3.55. The molecule has 1 aliphatic carbocycles. The van der Waals surface area contributed by atoms with Gasteiger partial charge < -0.3 is 5.32 Å². The number of amides is 1. The van der Waals surface area contributed by atoms with Gasteiger partial charge in [0.05, 0.1) is 6.42 Å². The summed E-state index contributed by atoms with van der Waals surface area (Å²) in [5, 5.41) is 2.85. The molecule has 1 aromatic carbocycles. The lowest BCUT2D eigenvalue weighted by molar-refractivity contribution is -0.120. The van der Waals surface area contributed by atoms with E-state index in [0.717, 1.165) is 31.4 Å². The van der Waals surface area contributed by atoms with Gasteiger partial charge in [-0.25, -0.2) is 8.78 Å². The summed E-state index contributed by atoms with van der Waals surface area (Å²) in [6.45, 7) is 0.657. The SMILES string of the molecule is O=C(Cc1ccc(F)c(F)c1)NCC1CCC(Br)C1. The van der Waals surface area contributed by atoms with E-state index in [4.69, 9.17) is 0 Å². The maximum absolute atomic E-state index is 13.0. The van der Waals surface area contributed by atoms with E-state index in [2.05, 4.69) is 21.2 Å². The largest absolute Gasteiger partial charge is 0.356 e. The van der Waals surface area contributed by atoms with E-state index in [-0.39, 0.29) is 12.3 Å². The van der Waals surface area contributed by atoms with E-state index in [1.165, 1.54) is 6.07 Å². The fraction of sp³-hybridized carbons (Fsp3) is 0.500. The molecule has 1 saturated carbocycles. The minimum atomic E-state index is -0.914. The first-order chi connectivity index (χ1) is 9.04. The molecule has 0 bridgehead atoms. The van der Waals surface area contributed by atoms with Crippen molar-refractivity contribution in [1.82, 2.24) is 5.32 Å². The summed E-state index contributed by atoms with van der Waals surface area (Å²) in [5.74, 6) is -1.44. The topological polar surface area (TPSA) is 29.1 Å². The Morgan fingerprint density at radius 1 is 1.32 bits per heavy atom. The summed E-state index contributed by atoms with van der Waals surface area (Å²) >= 11 is 3.56. The van der Waals surface area contributed by atoms with E-state index in [1.54, 1.807) is 0 Å². The average Bonchev–Trinajstić information content (AvgIpc) is 2.77. The van der Waals surface area contributed by atoms with Gasteiger partial charge in [0.15, 0.2) is 11.6 Å². The molecule has 1 fully saturated rings. The van der Waals surface area contributed by atoms with Crippen LogP contribution in [0.25, 0.3) is 0 Å². The average molecular weight is 332 g/mol. The van der Waals surface area contributed by atoms with Crippen molar-refractivity contribution in [2.75, 3.05) is 6.54 Å². The molecule has 0 saturated heterocycles. The molecule has 2 unspecified atom stereocenters. The number of benzene rings is 1. The highest BCUT2D eigenvalue weighted by Crippen LogP contribution is 2.29. The second kappa shape index (κ2) is 6.46. The molecule has 0 aliphatic heterocycles. The first kappa shape index (κ1) is 14.4. The van der Waals surface area contributed by atoms with Crippen molar-refractivity contribution in [2.45, 2.75) is 30.5 Å². The van der Waals surface area contributed by atoms with Gasteiger partial charge in [0.25, 0.3) is 0 Å². The summed E-state index contributed by atoms with van der Waals surface area (Å²) in [6.07, 6.45) is 3.41. The van der Waals surface area contributed by atoms with E-state index in [1.807, 2.05) is 0 Å². The van der Waals surface area contributed by atoms with Crippen LogP contribution in [0.1, 0.15) is 24.8 Å². The third-order valence-corrected chi connectivity index (χ3v) is 4.25. The van der Waals surface area contributed by atoms with Crippen molar-refractivity contribution in [3.8, 4) is 0 Å². The molecule has 2 atom stereocenters. The zero-order valence-electron chi connectivity index (χ0n) is 10.5. The highest BCUT2D eigenvalue weighted by molar-refractivity contribution is 9.09. The van der Waals surface area contributed by atoms with Crippen LogP contribution in [0.2, 0.25) is 0 Å². The number of carbonyl (C=O) groups is 1. The number of carbonyl (C=O) groups excluding carboxylic acids is 1. The molecule has 0 radical (unpaired) electrons. The van der Waals surface area contributed by atoms with Crippen molar-refractivity contribution >= 4 is 21.8 Å². The van der Waals surface area contributed by atoms with E-state index >= 15 is 0 Å². The highest BCUT2D eigenvalue weighted by atomic mass is 79.9. The van der Waals surface area contributed by atoms with Crippen LogP contribution in [0.5, 0.6) is 0 Å². The zero-order valence-corrected chi connectivity index (χ0v) is 12.1. The molecule has 0 spiro atoms. The maximum atomic E-state index is 13.0. The minimum absolute atomic E-state index is 0.0850. The maximum Gasteiger partial charge on any atom is 0.224 e. The Bertz CT molecular complexity index is 467. The van der Waals surface area contributed by atoms with Gasteiger partial charge in [0, 0.05) is 11.4 Å². The fourth-order valence-electron chi connectivity index (χ4n) is 2.35. The Hall–Kier alpha value is -0.970. The summed E-state index contributed by atoms with van der Waals surface area (Å²) in [5.41, 5.74) is 0.487. The number of hydrogen-bond acceptors (Lipinski definition) is 1. The van der Waals surface area contributed by atoms with Crippen LogP contribution in [0, 0.1) is 17.6 Å². The lowest BCUT2D eigenvalue weighted by Gasteiger charge is -2.11. The van der Waals surface area contributed by atoms with Crippen LogP contribution in [0.15, 0.2) is 18.2 Å². The Labute approximate surface area is 119 Å². The smallest absolute Gasteiger partial charge is 0.224 e. The number of nitrogens with one attached hydrogen (secondary N) is 1. The lowest BCUT2D eigenvalue weighted by Crippen LogP contribution is -2.29. The fourth-order valence-corrected chi connectivity index (χ4v) is 3.15. The van der Waals surface area contributed by atoms with Gasteiger partial charge in [-0.15, -0.1) is 0 Å². The third kappa shape index (κ3) is 4.27. The van der Waals surface area contributed by atoms with Crippen LogP contribution in [0.4, 0.5) is 8.78 Å². The van der Waals surface area contributed by atoms with Crippen molar-refractivity contribution in [3.63, 3.8) is 0 Å². The van der Waals surface area contributed by atoms with Crippen LogP contribution in [0.3, 0.4) is 0 Å². The Balaban J connectivity index is 1.79. The molecule has 0 aromatic heterocycles. The molecule has 2 rings (SSSR count). The van der Waals surface area contributed by atoms with Gasteiger partial charge in [-0.05, 0) is 42.9 Å². The summed E-state index contributed by atoms with van der Waals surface area (Å²) in [4.78, 5) is 12.3. The number of hydrogen-bond donors (Lipinski definition) is 1. The molecule has 1 aliphatic rings. The molecule has 2 nitrogen and oxygen atoms in total. The van der Waals surface area contributed by atoms with Crippen molar-refractivity contribution in [1.29, 1.82) is 0 Å². The van der Waals surface area contributed by atoms with Gasteiger partial charge >= 0.3 is 0 Å². The van der Waals surface area contributed by atoms with Gasteiger partial charge in [0.1, 0.15) is 0 Å². The first-order valence-electron chi connectivity index (χ1n) is 6.39. The second-order valence-electron chi connectivity index (χ2n) is 5.01. The predicted octanol–water partition coefficient (Wildman–Crippen LogP) is 3.19. The van der Waals surface area contributed by atoms with Crippen molar-refractivity contribution < 1.29 is 13.6 Å². The molecule has 0 heterocycles. The number of halogens is 3. The molecule has 1 N–H and O–H groups in total. The Morgan fingerprint density at radius 3 is 2.74 bits per heavy atom. The van der Waals surface area contributed by atoms with Crippen LogP contribution in [-0.4, -0.2) is 17.3 Å². The molecule has 5 heteroatoms. The third-order valence-electron chi connectivity index (χ3n) is 3.41. The quantitative estimate of drug-likeness (QED) is 0.843. The van der Waals surface area contributed by atoms with Crippen molar-refractivity contribution in [2.24, 2.45) is 5.92 Å². The number of alkyl halides is 1. The Morgan fingerprint density at radius 2 is 2.11 bits per heavy atom. The standard InChI is InChI=1S/C14H16BrF2NO/c15-11-3-1-10(5-11)8-18-14(19)7-9-2-4-12(16)13(17)6-9/h2,4,6,10-11H,1,3,5,7-8H2,(H,18,19). The monoisotopic (exact) mass is 331 g/mol.